The molecule has 2 atom stereocenters. The second kappa shape index (κ2) is 11.9. The molecule has 6 nitrogen and oxygen atoms in total. The molecule has 2 unspecified atom stereocenters. The number of hydrogen-bond acceptors (Lipinski definition) is 4. The zero-order chi connectivity index (χ0) is 19.0. The molecule has 2 N–H and O–H groups in total. The Balaban J connectivity index is 0.00000364. The van der Waals surface area contributed by atoms with Gasteiger partial charge < -0.3 is 10.6 Å². The van der Waals surface area contributed by atoms with Crippen LogP contribution in [0.3, 0.4) is 0 Å². The van der Waals surface area contributed by atoms with Gasteiger partial charge in [0.05, 0.1) is 12.3 Å². The third-order valence-corrected chi connectivity index (χ3v) is 5.58. The standard InChI is InChI=1S/C19H32N4O2S.HI/c1-4-20-19(21-11-13-26(3,24)25)22-18-10-12-23(16(2)14-18)15-17-8-6-5-7-9-17;/h5-9,16,18H,4,10-15H2,1-3H3,(H2,20,21,22);1H. The monoisotopic (exact) mass is 508 g/mol. The van der Waals surface area contributed by atoms with Crippen molar-refractivity contribution in [3.63, 3.8) is 0 Å². The predicted octanol–water partition coefficient (Wildman–Crippen LogP) is 2.26. The minimum atomic E-state index is -2.98. The van der Waals surface area contributed by atoms with E-state index in [2.05, 4.69) is 57.8 Å². The van der Waals surface area contributed by atoms with Gasteiger partial charge in [0.1, 0.15) is 9.84 Å². The molecule has 27 heavy (non-hydrogen) atoms. The summed E-state index contributed by atoms with van der Waals surface area (Å²) in [4.78, 5) is 6.92. The van der Waals surface area contributed by atoms with Gasteiger partial charge in [-0.05, 0) is 32.3 Å². The molecule has 0 spiro atoms. The fraction of sp³-hybridized carbons (Fsp3) is 0.632. The van der Waals surface area contributed by atoms with Crippen LogP contribution in [0.15, 0.2) is 35.3 Å². The van der Waals surface area contributed by atoms with Gasteiger partial charge in [-0.25, -0.2) is 8.42 Å². The molecule has 1 aliphatic rings. The van der Waals surface area contributed by atoms with Crippen LogP contribution in [0.1, 0.15) is 32.3 Å². The van der Waals surface area contributed by atoms with E-state index in [1.807, 2.05) is 6.92 Å². The van der Waals surface area contributed by atoms with Gasteiger partial charge in [-0.3, -0.25) is 9.89 Å². The van der Waals surface area contributed by atoms with E-state index in [-0.39, 0.29) is 36.3 Å². The number of halogens is 1. The number of sulfone groups is 1. The van der Waals surface area contributed by atoms with Gasteiger partial charge >= 0.3 is 0 Å². The number of nitrogens with one attached hydrogen (secondary N) is 2. The van der Waals surface area contributed by atoms with Crippen molar-refractivity contribution < 1.29 is 8.42 Å². The van der Waals surface area contributed by atoms with E-state index >= 15 is 0 Å². The highest BCUT2D eigenvalue weighted by Crippen LogP contribution is 2.19. The van der Waals surface area contributed by atoms with Crippen LogP contribution in [0.5, 0.6) is 0 Å². The highest BCUT2D eigenvalue weighted by atomic mass is 127. The number of hydrogen-bond donors (Lipinski definition) is 2. The van der Waals surface area contributed by atoms with Gasteiger partial charge in [0.15, 0.2) is 5.96 Å². The molecule has 0 aromatic heterocycles. The van der Waals surface area contributed by atoms with Crippen LogP contribution in [0.4, 0.5) is 0 Å². The van der Waals surface area contributed by atoms with E-state index in [0.29, 0.717) is 18.0 Å². The Bertz CT molecular complexity index is 682. The molecule has 1 aromatic carbocycles. The lowest BCUT2D eigenvalue weighted by Gasteiger charge is -2.38. The van der Waals surface area contributed by atoms with E-state index in [0.717, 1.165) is 32.5 Å². The van der Waals surface area contributed by atoms with E-state index in [4.69, 9.17) is 0 Å². The summed E-state index contributed by atoms with van der Waals surface area (Å²) in [5.74, 6) is 0.792. The maximum absolute atomic E-state index is 11.3. The summed E-state index contributed by atoms with van der Waals surface area (Å²) in [5.41, 5.74) is 1.35. The average molecular weight is 508 g/mol. The van der Waals surface area contributed by atoms with Crippen LogP contribution < -0.4 is 10.6 Å². The van der Waals surface area contributed by atoms with Gasteiger partial charge in [-0.1, -0.05) is 30.3 Å². The topological polar surface area (TPSA) is 73.8 Å². The predicted molar refractivity (Wildman–Crippen MR) is 124 cm³/mol. The fourth-order valence-corrected chi connectivity index (χ4v) is 3.66. The molecule has 0 saturated carbocycles. The number of aliphatic imine (C=N–C) groups is 1. The SMILES string of the molecule is CCNC(=NCCS(C)(=O)=O)NC1CCN(Cc2ccccc2)C(C)C1.I. The van der Waals surface area contributed by atoms with Crippen LogP contribution in [0.25, 0.3) is 0 Å². The van der Waals surface area contributed by atoms with Gasteiger partial charge in [-0.15, -0.1) is 24.0 Å². The zero-order valence-corrected chi connectivity index (χ0v) is 19.7. The first kappa shape index (κ1) is 24.2. The molecule has 1 saturated heterocycles. The Kier molecular flexibility index (Phi) is 10.6. The normalized spacial score (nSPS) is 21.4. The molecular weight excluding hydrogens is 475 g/mol. The van der Waals surface area contributed by atoms with Crippen LogP contribution in [-0.2, 0) is 16.4 Å². The fourth-order valence-electron chi connectivity index (χ4n) is 3.24. The average Bonchev–Trinajstić information content (AvgIpc) is 2.57. The largest absolute Gasteiger partial charge is 0.357 e. The van der Waals surface area contributed by atoms with Crippen molar-refractivity contribution in [2.24, 2.45) is 4.99 Å². The second-order valence-corrected chi connectivity index (χ2v) is 9.32. The third-order valence-electron chi connectivity index (χ3n) is 4.66. The van der Waals surface area contributed by atoms with Crippen molar-refractivity contribution in [1.29, 1.82) is 0 Å². The smallest absolute Gasteiger partial charge is 0.191 e. The van der Waals surface area contributed by atoms with Crippen LogP contribution >= 0.6 is 24.0 Å². The van der Waals surface area contributed by atoms with E-state index in [1.54, 1.807) is 0 Å². The molecule has 154 valence electrons. The molecule has 0 amide bonds. The van der Waals surface area contributed by atoms with Gasteiger partial charge in [-0.2, -0.15) is 0 Å². The molecule has 0 aliphatic carbocycles. The number of piperidine rings is 1. The van der Waals surface area contributed by atoms with Crippen LogP contribution in [-0.4, -0.2) is 63.0 Å². The molecular formula is C19H33IN4O2S. The maximum Gasteiger partial charge on any atom is 0.191 e. The number of guanidine groups is 1. The minimum Gasteiger partial charge on any atom is -0.357 e. The van der Waals surface area contributed by atoms with Gasteiger partial charge in [0.25, 0.3) is 0 Å². The summed E-state index contributed by atoms with van der Waals surface area (Å²) in [6, 6.07) is 11.4. The quantitative estimate of drug-likeness (QED) is 0.336. The Labute approximate surface area is 181 Å². The van der Waals surface area contributed by atoms with Crippen molar-refractivity contribution in [2.45, 2.75) is 45.3 Å². The lowest BCUT2D eigenvalue weighted by Crippen LogP contribution is -2.51. The van der Waals surface area contributed by atoms with Gasteiger partial charge in [0.2, 0.25) is 0 Å². The first-order valence-corrected chi connectivity index (χ1v) is 11.4. The lowest BCUT2D eigenvalue weighted by molar-refractivity contribution is 0.134. The van der Waals surface area contributed by atoms with Crippen molar-refractivity contribution in [2.75, 3.05) is 31.6 Å². The highest BCUT2D eigenvalue weighted by molar-refractivity contribution is 14.0. The molecule has 8 heteroatoms. The maximum atomic E-state index is 11.3. The molecule has 1 fully saturated rings. The van der Waals surface area contributed by atoms with Crippen molar-refractivity contribution in [1.82, 2.24) is 15.5 Å². The third kappa shape index (κ3) is 9.25. The highest BCUT2D eigenvalue weighted by Gasteiger charge is 2.25. The van der Waals surface area contributed by atoms with Crippen LogP contribution in [0.2, 0.25) is 0 Å². The first-order valence-electron chi connectivity index (χ1n) is 9.38. The molecule has 2 rings (SSSR count). The Hall–Kier alpha value is -0.870. The molecule has 1 aliphatic heterocycles. The summed E-state index contributed by atoms with van der Waals surface area (Å²) in [6.45, 7) is 7.35. The molecule has 0 radical (unpaired) electrons. The number of rotatable bonds is 7. The zero-order valence-electron chi connectivity index (χ0n) is 16.5. The molecule has 0 bridgehead atoms. The van der Waals surface area contributed by atoms with E-state index < -0.39 is 9.84 Å². The Morgan fingerprint density at radius 2 is 2.00 bits per heavy atom. The molecule has 1 heterocycles. The van der Waals surface area contributed by atoms with Crippen molar-refractivity contribution in [3.8, 4) is 0 Å². The Morgan fingerprint density at radius 3 is 2.59 bits per heavy atom. The second-order valence-electron chi connectivity index (χ2n) is 7.06. The summed E-state index contributed by atoms with van der Waals surface area (Å²) in [6.07, 6.45) is 3.34. The van der Waals surface area contributed by atoms with Gasteiger partial charge in [0, 0.05) is 38.0 Å². The number of likely N-dealkylation sites (tertiary alicyclic amines) is 1. The summed E-state index contributed by atoms with van der Waals surface area (Å²) < 4.78 is 22.5. The van der Waals surface area contributed by atoms with E-state index in [1.165, 1.54) is 11.8 Å². The summed E-state index contributed by atoms with van der Waals surface area (Å²) in [7, 11) is -2.98. The Morgan fingerprint density at radius 1 is 1.30 bits per heavy atom. The van der Waals surface area contributed by atoms with E-state index in [9.17, 15) is 8.42 Å². The summed E-state index contributed by atoms with van der Waals surface area (Å²) in [5, 5.41) is 6.69. The van der Waals surface area contributed by atoms with Crippen LogP contribution in [0, 0.1) is 0 Å². The summed E-state index contributed by atoms with van der Waals surface area (Å²) >= 11 is 0. The van der Waals surface area contributed by atoms with Crippen molar-refractivity contribution in [3.05, 3.63) is 35.9 Å². The van der Waals surface area contributed by atoms with Crippen molar-refractivity contribution >= 4 is 39.8 Å². The number of benzene rings is 1. The minimum absolute atomic E-state index is 0. The first-order chi connectivity index (χ1) is 12.4. The molecule has 1 aromatic rings. The number of nitrogens with zero attached hydrogens (tertiary/aromatic N) is 2. The lowest BCUT2D eigenvalue weighted by atomic mass is 9.97.